The fraction of sp³-hybridized carbons (Fsp3) is 0.182. The first-order valence-electron chi connectivity index (χ1n) is 13.6. The predicted molar refractivity (Wildman–Crippen MR) is 156 cm³/mol. The Bertz CT molecular complexity index is 1660. The molecule has 4 aromatic rings. The highest BCUT2D eigenvalue weighted by molar-refractivity contribution is 6.28. The first-order valence-corrected chi connectivity index (χ1v) is 13.6. The summed E-state index contributed by atoms with van der Waals surface area (Å²) in [5.74, 6) is -1.87. The quantitative estimate of drug-likeness (QED) is 0.249. The number of fused-ring (bicyclic) bond motifs is 3. The van der Waals surface area contributed by atoms with E-state index in [2.05, 4.69) is 16.0 Å². The second-order valence-corrected chi connectivity index (χ2v) is 9.94. The second-order valence-electron chi connectivity index (χ2n) is 9.94. The van der Waals surface area contributed by atoms with Crippen LogP contribution in [0.15, 0.2) is 84.9 Å². The summed E-state index contributed by atoms with van der Waals surface area (Å²) in [6.07, 6.45) is 2.05. The zero-order valence-corrected chi connectivity index (χ0v) is 22.5. The third-order valence-corrected chi connectivity index (χ3v) is 7.20. The van der Waals surface area contributed by atoms with E-state index in [1.54, 1.807) is 60.7 Å². The number of imide groups is 1. The lowest BCUT2D eigenvalue weighted by molar-refractivity contribution is -0.120. The van der Waals surface area contributed by atoms with Crippen molar-refractivity contribution in [3.05, 3.63) is 107 Å². The zero-order chi connectivity index (χ0) is 28.9. The maximum atomic E-state index is 13.1. The minimum Gasteiger partial charge on any atom is -0.345 e. The molecule has 1 aliphatic heterocycles. The Hall–Kier alpha value is -5.11. The van der Waals surface area contributed by atoms with Gasteiger partial charge in [-0.2, -0.15) is 0 Å². The van der Waals surface area contributed by atoms with Crippen LogP contribution in [0.3, 0.4) is 0 Å². The number of amides is 4. The average molecular weight is 548 g/mol. The Morgan fingerprint density at radius 1 is 0.756 bits per heavy atom. The van der Waals surface area contributed by atoms with Gasteiger partial charge in [0, 0.05) is 11.1 Å². The van der Waals surface area contributed by atoms with Crippen LogP contribution in [0.2, 0.25) is 0 Å². The zero-order valence-electron chi connectivity index (χ0n) is 22.5. The molecule has 0 fully saturated rings. The molecule has 41 heavy (non-hydrogen) atoms. The van der Waals surface area contributed by atoms with E-state index in [9.17, 15) is 24.0 Å². The van der Waals surface area contributed by atoms with Gasteiger partial charge in [0.2, 0.25) is 0 Å². The minimum absolute atomic E-state index is 0.192. The van der Waals surface area contributed by atoms with Crippen LogP contribution in [0.1, 0.15) is 67.6 Å². The van der Waals surface area contributed by atoms with Crippen molar-refractivity contribution in [3.63, 3.8) is 0 Å². The lowest BCUT2D eigenvalue weighted by Gasteiger charge is -2.18. The Balaban J connectivity index is 1.32. The van der Waals surface area contributed by atoms with Crippen LogP contribution in [0.4, 0.5) is 0 Å². The molecule has 0 saturated heterocycles. The molecule has 206 valence electrons. The molecule has 0 radical (unpaired) electrons. The van der Waals surface area contributed by atoms with Crippen molar-refractivity contribution in [2.45, 2.75) is 32.2 Å². The lowest BCUT2D eigenvalue weighted by atomic mass is 9.91. The molecule has 5 rings (SSSR count). The molecule has 0 aliphatic carbocycles. The molecule has 1 atom stereocenters. The summed E-state index contributed by atoms with van der Waals surface area (Å²) in [6, 6.07) is 23.9. The van der Waals surface area contributed by atoms with Crippen LogP contribution in [0.25, 0.3) is 21.9 Å². The van der Waals surface area contributed by atoms with Crippen LogP contribution in [0.5, 0.6) is 0 Å². The normalized spacial score (nSPS) is 12.9. The summed E-state index contributed by atoms with van der Waals surface area (Å²) in [7, 11) is 0. The summed E-state index contributed by atoms with van der Waals surface area (Å²) in [5.41, 5.74) is 3.05. The van der Waals surface area contributed by atoms with Crippen molar-refractivity contribution in [2.24, 2.45) is 0 Å². The molecule has 0 bridgehead atoms. The van der Waals surface area contributed by atoms with Crippen LogP contribution in [-0.2, 0) is 4.79 Å². The molecular weight excluding hydrogens is 518 g/mol. The number of hydrogen-bond acceptors (Lipinski definition) is 5. The standard InChI is InChI=1S/C33H29N3O5/c1-2-3-13-27(28(37)19-34-30(38)21-9-5-4-6-10-21)35-31(39)22-16-14-20(15-17-22)25-18-26-29(33(41)36-32(26)40)24-12-8-7-11-23(24)25/h4-12,14-18,27H,2-3,13,19H2,1H3,(H,34,38)(H,35,39)(H,36,40,41). The number of hydrogen-bond donors (Lipinski definition) is 3. The van der Waals surface area contributed by atoms with Gasteiger partial charge in [0.05, 0.1) is 23.7 Å². The molecule has 1 heterocycles. The summed E-state index contributed by atoms with van der Waals surface area (Å²) in [4.78, 5) is 63.2. The highest BCUT2D eigenvalue weighted by Crippen LogP contribution is 2.35. The molecule has 8 nitrogen and oxygen atoms in total. The highest BCUT2D eigenvalue weighted by atomic mass is 16.2. The summed E-state index contributed by atoms with van der Waals surface area (Å²) < 4.78 is 0. The van der Waals surface area contributed by atoms with Gasteiger partial charge in [-0.05, 0) is 58.7 Å². The second kappa shape index (κ2) is 12.0. The number of rotatable bonds is 10. The molecular formula is C33H29N3O5. The molecule has 0 saturated carbocycles. The fourth-order valence-corrected chi connectivity index (χ4v) is 5.02. The third-order valence-electron chi connectivity index (χ3n) is 7.20. The van der Waals surface area contributed by atoms with Crippen molar-refractivity contribution in [2.75, 3.05) is 6.54 Å². The number of Topliss-reactive ketones (excluding diaryl/α,β-unsaturated/α-hetero) is 1. The van der Waals surface area contributed by atoms with Gasteiger partial charge in [-0.15, -0.1) is 0 Å². The smallest absolute Gasteiger partial charge is 0.259 e. The van der Waals surface area contributed by atoms with Gasteiger partial charge in [0.25, 0.3) is 23.6 Å². The maximum Gasteiger partial charge on any atom is 0.259 e. The Labute approximate surface area is 237 Å². The Morgan fingerprint density at radius 3 is 2.12 bits per heavy atom. The van der Waals surface area contributed by atoms with E-state index >= 15 is 0 Å². The summed E-state index contributed by atoms with van der Waals surface area (Å²) in [5, 5.41) is 9.34. The van der Waals surface area contributed by atoms with E-state index in [0.717, 1.165) is 29.4 Å². The van der Waals surface area contributed by atoms with Crippen molar-refractivity contribution in [1.29, 1.82) is 0 Å². The van der Waals surface area contributed by atoms with Crippen LogP contribution in [-0.4, -0.2) is 42.0 Å². The SMILES string of the molecule is CCCCC(NC(=O)c1ccc(-c2cc3c(c4ccccc24)C(=O)NC3=O)cc1)C(=O)CNC(=O)c1ccccc1. The van der Waals surface area contributed by atoms with E-state index in [1.165, 1.54) is 0 Å². The van der Waals surface area contributed by atoms with Gasteiger partial charge in [0.1, 0.15) is 0 Å². The first-order chi connectivity index (χ1) is 19.9. The van der Waals surface area contributed by atoms with Crippen LogP contribution >= 0.6 is 0 Å². The van der Waals surface area contributed by atoms with E-state index in [4.69, 9.17) is 0 Å². The highest BCUT2D eigenvalue weighted by Gasteiger charge is 2.30. The van der Waals surface area contributed by atoms with E-state index < -0.39 is 23.8 Å². The summed E-state index contributed by atoms with van der Waals surface area (Å²) >= 11 is 0. The average Bonchev–Trinajstić information content (AvgIpc) is 3.30. The predicted octanol–water partition coefficient (Wildman–Crippen LogP) is 4.68. The molecule has 1 aliphatic rings. The number of ketones is 1. The maximum absolute atomic E-state index is 13.1. The monoisotopic (exact) mass is 547 g/mol. The number of nitrogens with one attached hydrogen (secondary N) is 3. The summed E-state index contributed by atoms with van der Waals surface area (Å²) in [6.45, 7) is 1.81. The minimum atomic E-state index is -0.741. The molecule has 8 heteroatoms. The molecule has 4 aromatic carbocycles. The lowest BCUT2D eigenvalue weighted by Crippen LogP contribution is -2.45. The molecule has 3 N–H and O–H groups in total. The number of carbonyl (C=O) groups excluding carboxylic acids is 5. The largest absolute Gasteiger partial charge is 0.345 e. The van der Waals surface area contributed by atoms with Gasteiger partial charge in [0.15, 0.2) is 5.78 Å². The van der Waals surface area contributed by atoms with Crippen LogP contribution < -0.4 is 16.0 Å². The van der Waals surface area contributed by atoms with E-state index in [0.29, 0.717) is 34.1 Å². The van der Waals surface area contributed by atoms with Crippen LogP contribution in [0, 0.1) is 0 Å². The molecule has 1 unspecified atom stereocenters. The number of unbranched alkanes of at least 4 members (excludes halogenated alkanes) is 1. The third kappa shape index (κ3) is 5.77. The van der Waals surface area contributed by atoms with Gasteiger partial charge >= 0.3 is 0 Å². The van der Waals surface area contributed by atoms with E-state index in [-0.39, 0.29) is 18.2 Å². The number of carbonyl (C=O) groups is 5. The topological polar surface area (TPSA) is 121 Å². The molecule has 0 aromatic heterocycles. The number of benzene rings is 4. The van der Waals surface area contributed by atoms with Gasteiger partial charge in [-0.25, -0.2) is 0 Å². The Kier molecular flexibility index (Phi) is 8.01. The molecule has 0 spiro atoms. The molecule has 4 amide bonds. The first kappa shape index (κ1) is 27.5. The van der Waals surface area contributed by atoms with Gasteiger partial charge in [-0.3, -0.25) is 29.3 Å². The Morgan fingerprint density at radius 2 is 1.41 bits per heavy atom. The van der Waals surface area contributed by atoms with Gasteiger partial charge < -0.3 is 10.6 Å². The van der Waals surface area contributed by atoms with Crippen molar-refractivity contribution in [3.8, 4) is 11.1 Å². The van der Waals surface area contributed by atoms with Crippen molar-refractivity contribution >= 4 is 40.2 Å². The van der Waals surface area contributed by atoms with E-state index in [1.807, 2.05) is 31.2 Å². The van der Waals surface area contributed by atoms with Gasteiger partial charge in [-0.1, -0.05) is 74.4 Å². The van der Waals surface area contributed by atoms with Crippen molar-refractivity contribution < 1.29 is 24.0 Å². The van der Waals surface area contributed by atoms with Crippen molar-refractivity contribution in [1.82, 2.24) is 16.0 Å². The fourth-order valence-electron chi connectivity index (χ4n) is 5.02.